The number of pyridine rings is 1. The molecule has 0 saturated carbocycles. The second kappa shape index (κ2) is 6.54. The third kappa shape index (κ3) is 3.18. The molecule has 118 valence electrons. The summed E-state index contributed by atoms with van der Waals surface area (Å²) in [5, 5.41) is 3.89. The molecule has 0 aliphatic carbocycles. The van der Waals surface area contributed by atoms with E-state index in [2.05, 4.69) is 44.8 Å². The maximum atomic E-state index is 5.30. The second-order valence-corrected chi connectivity index (χ2v) is 5.89. The predicted molar refractivity (Wildman–Crippen MR) is 83.2 cm³/mol. The summed E-state index contributed by atoms with van der Waals surface area (Å²) in [6.45, 7) is 10.3. The van der Waals surface area contributed by atoms with Crippen LogP contribution in [0, 0.1) is 6.92 Å². The summed E-state index contributed by atoms with van der Waals surface area (Å²) in [6.07, 6.45) is 3.78. The van der Waals surface area contributed by atoms with Crippen molar-refractivity contribution < 1.29 is 4.52 Å². The van der Waals surface area contributed by atoms with Gasteiger partial charge in [-0.25, -0.2) is 0 Å². The van der Waals surface area contributed by atoms with Crippen molar-refractivity contribution in [2.45, 2.75) is 32.9 Å². The molecule has 2 aromatic rings. The Morgan fingerprint density at radius 3 is 2.32 bits per heavy atom. The third-order valence-corrected chi connectivity index (χ3v) is 4.51. The summed E-state index contributed by atoms with van der Waals surface area (Å²) in [7, 11) is 0. The van der Waals surface area contributed by atoms with E-state index in [-0.39, 0.29) is 6.04 Å². The van der Waals surface area contributed by atoms with Gasteiger partial charge in [-0.1, -0.05) is 11.2 Å². The average molecular weight is 301 g/mol. The highest BCUT2D eigenvalue weighted by atomic mass is 16.5. The van der Waals surface area contributed by atoms with Crippen molar-refractivity contribution in [1.82, 2.24) is 24.9 Å². The normalized spacial score (nSPS) is 20.0. The van der Waals surface area contributed by atoms with E-state index >= 15 is 0 Å². The maximum Gasteiger partial charge on any atom is 0.243 e. The van der Waals surface area contributed by atoms with E-state index in [1.165, 1.54) is 5.56 Å². The molecule has 0 bridgehead atoms. The van der Waals surface area contributed by atoms with Crippen molar-refractivity contribution in [3.63, 3.8) is 0 Å². The van der Waals surface area contributed by atoms with E-state index in [0.717, 1.165) is 26.2 Å². The van der Waals surface area contributed by atoms with E-state index in [4.69, 9.17) is 4.52 Å². The zero-order valence-corrected chi connectivity index (χ0v) is 13.4. The molecule has 6 nitrogen and oxygen atoms in total. The summed E-state index contributed by atoms with van der Waals surface area (Å²) >= 11 is 0. The minimum atomic E-state index is 0.178. The molecule has 3 heterocycles. The molecular formula is C16H23N5O. The zero-order valence-electron chi connectivity index (χ0n) is 13.4. The highest BCUT2D eigenvalue weighted by Gasteiger charge is 2.27. The van der Waals surface area contributed by atoms with Gasteiger partial charge < -0.3 is 4.52 Å². The molecule has 0 aromatic carbocycles. The molecule has 2 atom stereocenters. The molecule has 1 aliphatic heterocycles. The van der Waals surface area contributed by atoms with E-state index in [9.17, 15) is 0 Å². The molecule has 22 heavy (non-hydrogen) atoms. The van der Waals surface area contributed by atoms with E-state index < -0.39 is 0 Å². The zero-order chi connectivity index (χ0) is 15.5. The quantitative estimate of drug-likeness (QED) is 0.863. The topological polar surface area (TPSA) is 58.3 Å². The van der Waals surface area contributed by atoms with E-state index in [0.29, 0.717) is 17.8 Å². The Bertz CT molecular complexity index is 592. The van der Waals surface area contributed by atoms with Gasteiger partial charge in [0.15, 0.2) is 5.82 Å². The molecule has 1 saturated heterocycles. The van der Waals surface area contributed by atoms with Crippen LogP contribution in [0.15, 0.2) is 29.0 Å². The molecule has 0 N–H and O–H groups in total. The second-order valence-electron chi connectivity index (χ2n) is 5.89. The molecule has 6 heteroatoms. The number of hydrogen-bond donors (Lipinski definition) is 0. The highest BCUT2D eigenvalue weighted by molar-refractivity contribution is 5.13. The van der Waals surface area contributed by atoms with Gasteiger partial charge in [0.2, 0.25) is 5.89 Å². The fourth-order valence-corrected chi connectivity index (χ4v) is 2.98. The first kappa shape index (κ1) is 15.1. The SMILES string of the molecule is Cc1noc([C@H](C)N2CCN([C@@H](C)c3cccnc3)CC2)n1. The van der Waals surface area contributed by atoms with E-state index in [1.807, 2.05) is 25.4 Å². The first-order valence-electron chi connectivity index (χ1n) is 7.83. The van der Waals surface area contributed by atoms with Crippen LogP contribution in [-0.2, 0) is 0 Å². The Morgan fingerprint density at radius 1 is 1.09 bits per heavy atom. The molecule has 1 aliphatic rings. The molecular weight excluding hydrogens is 278 g/mol. The number of piperazine rings is 1. The fourth-order valence-electron chi connectivity index (χ4n) is 2.98. The summed E-state index contributed by atoms with van der Waals surface area (Å²) < 4.78 is 5.30. The lowest BCUT2D eigenvalue weighted by molar-refractivity contribution is 0.0677. The predicted octanol–water partition coefficient (Wildman–Crippen LogP) is 2.21. The van der Waals surface area contributed by atoms with Gasteiger partial charge in [-0.2, -0.15) is 4.98 Å². The number of aryl methyl sites for hydroxylation is 1. The van der Waals surface area contributed by atoms with Crippen molar-refractivity contribution in [2.75, 3.05) is 26.2 Å². The Hall–Kier alpha value is -1.79. The lowest BCUT2D eigenvalue weighted by Gasteiger charge is -2.39. The number of aromatic nitrogens is 3. The largest absolute Gasteiger partial charge is 0.338 e. The monoisotopic (exact) mass is 301 g/mol. The van der Waals surface area contributed by atoms with Crippen molar-refractivity contribution in [3.8, 4) is 0 Å². The lowest BCUT2D eigenvalue weighted by Crippen LogP contribution is -2.47. The van der Waals surface area contributed by atoms with Gasteiger partial charge in [-0.05, 0) is 32.4 Å². The van der Waals surface area contributed by atoms with E-state index in [1.54, 1.807) is 0 Å². The van der Waals surface area contributed by atoms with Gasteiger partial charge in [0.1, 0.15) is 0 Å². The molecule has 3 rings (SSSR count). The van der Waals surface area contributed by atoms with Crippen LogP contribution in [0.1, 0.15) is 43.2 Å². The fraction of sp³-hybridized carbons (Fsp3) is 0.562. The standard InChI is InChI=1S/C16H23N5O/c1-12(15-5-4-6-17-11-15)20-7-9-21(10-8-20)13(2)16-18-14(3)19-22-16/h4-6,11-13H,7-10H2,1-3H3/t12-,13-/m0/s1. The highest BCUT2D eigenvalue weighted by Crippen LogP contribution is 2.24. The number of rotatable bonds is 4. The Kier molecular flexibility index (Phi) is 4.49. The van der Waals surface area contributed by atoms with Gasteiger partial charge in [-0.15, -0.1) is 0 Å². The Labute approximate surface area is 131 Å². The molecule has 0 radical (unpaired) electrons. The molecule has 0 spiro atoms. The van der Waals surface area contributed by atoms with Gasteiger partial charge in [0.25, 0.3) is 0 Å². The van der Waals surface area contributed by atoms with Crippen molar-refractivity contribution in [1.29, 1.82) is 0 Å². The minimum absolute atomic E-state index is 0.178. The molecule has 2 aromatic heterocycles. The summed E-state index contributed by atoms with van der Waals surface area (Å²) in [5.41, 5.74) is 1.27. The maximum absolute atomic E-state index is 5.30. The summed E-state index contributed by atoms with van der Waals surface area (Å²) in [5.74, 6) is 1.41. The minimum Gasteiger partial charge on any atom is -0.338 e. The van der Waals surface area contributed by atoms with Gasteiger partial charge >= 0.3 is 0 Å². The summed E-state index contributed by atoms with van der Waals surface area (Å²) in [6, 6.07) is 4.73. The Morgan fingerprint density at radius 2 is 1.77 bits per heavy atom. The number of nitrogens with zero attached hydrogens (tertiary/aromatic N) is 5. The number of hydrogen-bond acceptors (Lipinski definition) is 6. The van der Waals surface area contributed by atoms with Crippen LogP contribution in [-0.4, -0.2) is 51.1 Å². The first-order valence-corrected chi connectivity index (χ1v) is 7.83. The van der Waals surface area contributed by atoms with Crippen molar-refractivity contribution in [2.24, 2.45) is 0 Å². The molecule has 0 amide bonds. The van der Waals surface area contributed by atoms with Gasteiger partial charge in [0.05, 0.1) is 6.04 Å². The smallest absolute Gasteiger partial charge is 0.243 e. The van der Waals surface area contributed by atoms with Crippen LogP contribution >= 0.6 is 0 Å². The van der Waals surface area contributed by atoms with Crippen LogP contribution in [0.3, 0.4) is 0 Å². The first-order chi connectivity index (χ1) is 10.6. The summed E-state index contributed by atoms with van der Waals surface area (Å²) in [4.78, 5) is 13.5. The lowest BCUT2D eigenvalue weighted by atomic mass is 10.1. The third-order valence-electron chi connectivity index (χ3n) is 4.51. The van der Waals surface area contributed by atoms with Gasteiger partial charge in [-0.3, -0.25) is 14.8 Å². The van der Waals surface area contributed by atoms with Crippen molar-refractivity contribution in [3.05, 3.63) is 41.8 Å². The van der Waals surface area contributed by atoms with Crippen LogP contribution in [0.25, 0.3) is 0 Å². The van der Waals surface area contributed by atoms with Crippen molar-refractivity contribution >= 4 is 0 Å². The van der Waals surface area contributed by atoms with Crippen LogP contribution in [0.4, 0.5) is 0 Å². The Balaban J connectivity index is 1.58. The van der Waals surface area contributed by atoms with Crippen LogP contribution in [0.5, 0.6) is 0 Å². The van der Waals surface area contributed by atoms with Gasteiger partial charge in [0, 0.05) is 44.6 Å². The van der Waals surface area contributed by atoms with Crippen LogP contribution < -0.4 is 0 Å². The van der Waals surface area contributed by atoms with Crippen LogP contribution in [0.2, 0.25) is 0 Å². The average Bonchev–Trinajstić information content (AvgIpc) is 3.01. The molecule has 0 unspecified atom stereocenters. The molecule has 1 fully saturated rings.